The first-order valence-electron chi connectivity index (χ1n) is 6.72. The average molecular weight is 333 g/mol. The summed E-state index contributed by atoms with van der Waals surface area (Å²) >= 11 is 5.73. The van der Waals surface area contributed by atoms with E-state index < -0.39 is 20.6 Å². The Bertz CT molecular complexity index is 652. The molecule has 0 aliphatic carbocycles. The number of rotatable bonds is 3. The Hall–Kier alpha value is -1.18. The van der Waals surface area contributed by atoms with Crippen molar-refractivity contribution in [2.45, 2.75) is 50.1 Å². The van der Waals surface area contributed by atoms with E-state index in [0.29, 0.717) is 0 Å². The highest BCUT2D eigenvalue weighted by atomic mass is 35.5. The van der Waals surface area contributed by atoms with Gasteiger partial charge in [0.25, 0.3) is 5.69 Å². The van der Waals surface area contributed by atoms with Crippen molar-refractivity contribution in [3.8, 4) is 0 Å². The van der Waals surface area contributed by atoms with E-state index >= 15 is 0 Å². The third kappa shape index (κ3) is 3.04. The maximum atomic E-state index is 12.8. The van der Waals surface area contributed by atoms with E-state index in [1.165, 1.54) is 16.4 Å². The molecule has 1 fully saturated rings. The quantitative estimate of drug-likeness (QED) is 0.628. The van der Waals surface area contributed by atoms with Gasteiger partial charge < -0.3 is 0 Å². The number of sulfonamides is 1. The molecule has 0 radical (unpaired) electrons. The van der Waals surface area contributed by atoms with Gasteiger partial charge in [-0.3, -0.25) is 10.1 Å². The number of nitro groups is 1. The van der Waals surface area contributed by atoms with Crippen LogP contribution in [-0.2, 0) is 10.0 Å². The van der Waals surface area contributed by atoms with Gasteiger partial charge in [-0.1, -0.05) is 18.0 Å². The molecule has 1 aliphatic rings. The minimum Gasteiger partial charge on any atom is -0.258 e. The van der Waals surface area contributed by atoms with E-state index in [9.17, 15) is 18.5 Å². The zero-order valence-corrected chi connectivity index (χ0v) is 13.4. The predicted molar refractivity (Wildman–Crippen MR) is 79.9 cm³/mol. The largest absolute Gasteiger partial charge is 0.289 e. The van der Waals surface area contributed by atoms with E-state index in [2.05, 4.69) is 0 Å². The van der Waals surface area contributed by atoms with Crippen molar-refractivity contribution in [2.75, 3.05) is 0 Å². The number of benzene rings is 1. The summed E-state index contributed by atoms with van der Waals surface area (Å²) in [4.78, 5) is 10.2. The van der Waals surface area contributed by atoms with Crippen LogP contribution in [0.2, 0.25) is 5.02 Å². The molecule has 2 atom stereocenters. The molecular formula is C13H17ClN2O4S. The fraction of sp³-hybridized carbons (Fsp3) is 0.538. The molecule has 0 bridgehead atoms. The third-order valence-corrected chi connectivity index (χ3v) is 6.25. The van der Waals surface area contributed by atoms with E-state index in [4.69, 9.17) is 11.6 Å². The molecule has 1 aromatic carbocycles. The van der Waals surface area contributed by atoms with Gasteiger partial charge >= 0.3 is 0 Å². The molecule has 6 nitrogen and oxygen atoms in total. The number of halogens is 1. The summed E-state index contributed by atoms with van der Waals surface area (Å²) in [6.45, 7) is 3.72. The van der Waals surface area contributed by atoms with Crippen LogP contribution in [0, 0.1) is 10.1 Å². The fourth-order valence-electron chi connectivity index (χ4n) is 2.79. The van der Waals surface area contributed by atoms with Gasteiger partial charge in [-0.15, -0.1) is 0 Å². The first kappa shape index (κ1) is 16.2. The Morgan fingerprint density at radius 3 is 2.38 bits per heavy atom. The molecule has 0 spiro atoms. The van der Waals surface area contributed by atoms with Crippen LogP contribution < -0.4 is 0 Å². The lowest BCUT2D eigenvalue weighted by atomic mass is 10.0. The summed E-state index contributed by atoms with van der Waals surface area (Å²) in [5, 5.41) is 10.8. The first-order chi connectivity index (χ1) is 9.75. The Balaban J connectivity index is 2.48. The van der Waals surface area contributed by atoms with Crippen molar-refractivity contribution in [1.29, 1.82) is 0 Å². The molecule has 0 unspecified atom stereocenters. The monoisotopic (exact) mass is 332 g/mol. The van der Waals surface area contributed by atoms with Gasteiger partial charge in [0.05, 0.1) is 9.82 Å². The zero-order valence-electron chi connectivity index (χ0n) is 11.8. The van der Waals surface area contributed by atoms with Crippen molar-refractivity contribution in [1.82, 2.24) is 4.31 Å². The molecule has 8 heteroatoms. The van der Waals surface area contributed by atoms with Crippen molar-refractivity contribution in [2.24, 2.45) is 0 Å². The van der Waals surface area contributed by atoms with Crippen LogP contribution in [0.25, 0.3) is 0 Å². The highest BCUT2D eigenvalue weighted by molar-refractivity contribution is 7.89. The van der Waals surface area contributed by atoms with Crippen LogP contribution in [-0.4, -0.2) is 29.7 Å². The second kappa shape index (κ2) is 5.90. The first-order valence-corrected chi connectivity index (χ1v) is 8.54. The van der Waals surface area contributed by atoms with Crippen LogP contribution in [0.5, 0.6) is 0 Å². The van der Waals surface area contributed by atoms with Crippen LogP contribution in [0.3, 0.4) is 0 Å². The lowest BCUT2D eigenvalue weighted by Crippen LogP contribution is -2.47. The maximum absolute atomic E-state index is 12.8. The second-order valence-corrected chi connectivity index (χ2v) is 7.58. The average Bonchev–Trinajstić information content (AvgIpc) is 2.38. The normalized spacial score (nSPS) is 24.0. The SMILES string of the molecule is C[C@@H]1CCC[C@H](C)N1S(=O)(=O)c1ccc(Cl)c([N+](=O)[O-])c1. The topological polar surface area (TPSA) is 80.5 Å². The summed E-state index contributed by atoms with van der Waals surface area (Å²) < 4.78 is 27.0. The molecule has 1 aromatic rings. The summed E-state index contributed by atoms with van der Waals surface area (Å²) in [5.41, 5.74) is -0.393. The standard InChI is InChI=1S/C13H17ClN2O4S/c1-9-4-3-5-10(2)15(9)21(19,20)11-6-7-12(14)13(8-11)16(17)18/h6-10H,3-5H2,1-2H3/t9-,10+. The highest BCUT2D eigenvalue weighted by Crippen LogP contribution is 2.33. The molecule has 0 amide bonds. The van der Waals surface area contributed by atoms with Gasteiger partial charge in [-0.05, 0) is 38.8 Å². The van der Waals surface area contributed by atoms with Crippen molar-refractivity contribution >= 4 is 27.3 Å². The Morgan fingerprint density at radius 2 is 1.86 bits per heavy atom. The van der Waals surface area contributed by atoms with Gasteiger partial charge in [-0.2, -0.15) is 4.31 Å². The number of hydrogen-bond donors (Lipinski definition) is 0. The summed E-state index contributed by atoms with van der Waals surface area (Å²) in [6, 6.07) is 3.37. The van der Waals surface area contributed by atoms with E-state index in [1.54, 1.807) is 0 Å². The van der Waals surface area contributed by atoms with E-state index in [0.717, 1.165) is 25.3 Å². The number of nitrogens with zero attached hydrogens (tertiary/aromatic N) is 2. The molecule has 0 saturated carbocycles. The van der Waals surface area contributed by atoms with E-state index in [1.807, 2.05) is 13.8 Å². The van der Waals surface area contributed by atoms with Crippen LogP contribution in [0.4, 0.5) is 5.69 Å². The van der Waals surface area contributed by atoms with Crippen LogP contribution in [0.1, 0.15) is 33.1 Å². The predicted octanol–water partition coefficient (Wildman–Crippen LogP) is 3.20. The molecule has 1 heterocycles. The van der Waals surface area contributed by atoms with Crippen molar-refractivity contribution < 1.29 is 13.3 Å². The minimum absolute atomic E-state index is 0.0707. The smallest absolute Gasteiger partial charge is 0.258 e. The lowest BCUT2D eigenvalue weighted by Gasteiger charge is -2.37. The van der Waals surface area contributed by atoms with Crippen molar-refractivity contribution in [3.05, 3.63) is 33.3 Å². The zero-order chi connectivity index (χ0) is 15.8. The number of piperidine rings is 1. The van der Waals surface area contributed by atoms with Gasteiger partial charge in [0.1, 0.15) is 5.02 Å². The second-order valence-electron chi connectivity index (χ2n) is 5.33. The Kier molecular flexibility index (Phi) is 4.55. The van der Waals surface area contributed by atoms with Gasteiger partial charge in [0.2, 0.25) is 10.0 Å². The molecule has 1 saturated heterocycles. The molecule has 1 aliphatic heterocycles. The molecule has 0 N–H and O–H groups in total. The van der Waals surface area contributed by atoms with Gasteiger partial charge in [0.15, 0.2) is 0 Å². The van der Waals surface area contributed by atoms with Crippen molar-refractivity contribution in [3.63, 3.8) is 0 Å². The number of nitro benzene ring substituents is 1. The molecule has 0 aromatic heterocycles. The summed E-state index contributed by atoms with van der Waals surface area (Å²) in [5.74, 6) is 0. The lowest BCUT2D eigenvalue weighted by molar-refractivity contribution is -0.384. The van der Waals surface area contributed by atoms with Crippen LogP contribution >= 0.6 is 11.6 Å². The van der Waals surface area contributed by atoms with Crippen LogP contribution in [0.15, 0.2) is 23.1 Å². The summed E-state index contributed by atoms with van der Waals surface area (Å²) in [7, 11) is -3.76. The van der Waals surface area contributed by atoms with Gasteiger partial charge in [0, 0.05) is 18.2 Å². The minimum atomic E-state index is -3.76. The summed E-state index contributed by atoms with van der Waals surface area (Å²) in [6.07, 6.45) is 2.56. The molecule has 2 rings (SSSR count). The highest BCUT2D eigenvalue weighted by Gasteiger charge is 2.36. The Labute approximate surface area is 128 Å². The van der Waals surface area contributed by atoms with E-state index in [-0.39, 0.29) is 22.0 Å². The Morgan fingerprint density at radius 1 is 1.29 bits per heavy atom. The molecule has 116 valence electrons. The number of hydrogen-bond acceptors (Lipinski definition) is 4. The maximum Gasteiger partial charge on any atom is 0.289 e. The molecule has 21 heavy (non-hydrogen) atoms. The molecular weight excluding hydrogens is 316 g/mol. The fourth-order valence-corrected chi connectivity index (χ4v) is 4.87. The third-order valence-electron chi connectivity index (χ3n) is 3.80. The van der Waals surface area contributed by atoms with Gasteiger partial charge in [-0.25, -0.2) is 8.42 Å².